The molecule has 253 valence electrons. The topological polar surface area (TPSA) is 210 Å². The lowest BCUT2D eigenvalue weighted by Gasteiger charge is -2.21. The van der Waals surface area contributed by atoms with E-state index in [2.05, 4.69) is 60.6 Å². The van der Waals surface area contributed by atoms with Crippen LogP contribution in [0.1, 0.15) is 49.6 Å². The van der Waals surface area contributed by atoms with Crippen molar-refractivity contribution in [2.75, 3.05) is 44.7 Å². The Kier molecular flexibility index (Phi) is 15.5. The second-order valence-electron chi connectivity index (χ2n) is 9.20. The zero-order chi connectivity index (χ0) is 34.5. The highest BCUT2D eigenvalue weighted by Gasteiger charge is 2.19. The number of nitrogens with two attached hydrogens (primary N) is 1. The number of aromatic nitrogens is 4. The Morgan fingerprint density at radius 1 is 0.958 bits per heavy atom. The van der Waals surface area contributed by atoms with E-state index in [1.54, 1.807) is 19.2 Å². The molecule has 2 aromatic carbocycles. The molecule has 18 heteroatoms. The minimum absolute atomic E-state index is 0. The van der Waals surface area contributed by atoms with Gasteiger partial charge in [-0.25, -0.2) is 34.3 Å². The van der Waals surface area contributed by atoms with Gasteiger partial charge < -0.3 is 40.3 Å². The highest BCUT2D eigenvalue weighted by molar-refractivity contribution is 9.10. The third kappa shape index (κ3) is 10.0. The lowest BCUT2D eigenvalue weighted by atomic mass is 9.98. The van der Waals surface area contributed by atoms with Crippen LogP contribution in [0.3, 0.4) is 0 Å². The monoisotopic (exact) mass is 744 g/mol. The third-order valence-electron chi connectivity index (χ3n) is 6.37. The summed E-state index contributed by atoms with van der Waals surface area (Å²) in [4.78, 5) is 50.5. The van der Waals surface area contributed by atoms with E-state index in [1.165, 1.54) is 45.7 Å². The van der Waals surface area contributed by atoms with Crippen molar-refractivity contribution in [3.05, 3.63) is 81.6 Å². The maximum absolute atomic E-state index is 11.6. The van der Waals surface area contributed by atoms with Crippen LogP contribution in [0.15, 0.2) is 53.3 Å². The summed E-state index contributed by atoms with van der Waals surface area (Å²) in [6, 6.07) is 9.83. The second kappa shape index (κ2) is 19.0. The minimum atomic E-state index is -0.495. The molecule has 0 amide bonds. The van der Waals surface area contributed by atoms with Crippen LogP contribution in [0.25, 0.3) is 11.1 Å². The summed E-state index contributed by atoms with van der Waals surface area (Å²) in [7, 11) is 6.15. The number of nitrogens with one attached hydrogen (secondary N) is 2. The molecule has 2 aromatic heterocycles. The molecule has 5 N–H and O–H groups in total. The molecule has 0 aliphatic carbocycles. The van der Waals surface area contributed by atoms with Crippen molar-refractivity contribution in [3.8, 4) is 16.9 Å². The van der Waals surface area contributed by atoms with Gasteiger partial charge in [0.15, 0.2) is 5.69 Å². The number of hydrogen-bond donors (Lipinski definition) is 4. The predicted octanol–water partition coefficient (Wildman–Crippen LogP) is 3.87. The minimum Gasteiger partial charge on any atom is -0.536 e. The van der Waals surface area contributed by atoms with Gasteiger partial charge in [0.05, 0.1) is 54.9 Å². The Hall–Kier alpha value is -5.00. The molecule has 15 nitrogen and oxygen atoms in total. The van der Waals surface area contributed by atoms with Gasteiger partial charge in [0.25, 0.3) is 0 Å². The summed E-state index contributed by atoms with van der Waals surface area (Å²) in [6.45, 7) is 2.68. The van der Waals surface area contributed by atoms with Crippen LogP contribution < -0.4 is 21.0 Å². The number of benzene rings is 2. The Bertz CT molecular complexity index is 1750. The van der Waals surface area contributed by atoms with Crippen LogP contribution in [0, 0.1) is 0 Å². The molecule has 3 heterocycles. The number of methoxy groups -OCH3 is 3. The first-order valence-corrected chi connectivity index (χ1v) is 14.6. The Morgan fingerprint density at radius 2 is 1.60 bits per heavy atom. The van der Waals surface area contributed by atoms with Crippen molar-refractivity contribution < 1.29 is 38.3 Å². The first kappa shape index (κ1) is 39.2. The molecule has 0 fully saturated rings. The molecular weight excluding hydrogens is 713 g/mol. The number of carbonyl (C=O) groups is 3. The summed E-state index contributed by atoms with van der Waals surface area (Å²) in [5.41, 5.74) is 10.8. The van der Waals surface area contributed by atoms with Gasteiger partial charge in [0.1, 0.15) is 11.6 Å². The summed E-state index contributed by atoms with van der Waals surface area (Å²) in [5, 5.41) is 14.4. The van der Waals surface area contributed by atoms with Crippen LogP contribution in [-0.2, 0) is 27.2 Å². The van der Waals surface area contributed by atoms with Crippen molar-refractivity contribution in [2.45, 2.75) is 19.9 Å². The molecule has 5 rings (SSSR count). The second-order valence-corrected chi connectivity index (χ2v) is 10.1. The van der Waals surface area contributed by atoms with E-state index in [9.17, 15) is 14.4 Å². The van der Waals surface area contributed by atoms with Crippen LogP contribution in [0.5, 0.6) is 5.75 Å². The molecule has 0 spiro atoms. The van der Waals surface area contributed by atoms with Gasteiger partial charge in [-0.05, 0) is 46.3 Å². The number of esters is 3. The molecule has 4 aromatic rings. The number of nitrogen functional groups attached to an aromatic ring is 1. The Morgan fingerprint density at radius 3 is 2.19 bits per heavy atom. The Labute approximate surface area is 291 Å². The number of nitrogens with zero attached hydrogens (tertiary/aromatic N) is 4. The average molecular weight is 746 g/mol. The van der Waals surface area contributed by atoms with E-state index in [0.29, 0.717) is 35.8 Å². The smallest absolute Gasteiger partial charge is 0.536 e. The summed E-state index contributed by atoms with van der Waals surface area (Å²) in [6.07, 6.45) is 4.17. The van der Waals surface area contributed by atoms with Crippen LogP contribution in [-0.4, -0.2) is 78.9 Å². The lowest BCUT2D eigenvalue weighted by Crippen LogP contribution is -2.13. The number of hydrogen-bond acceptors (Lipinski definition) is 15. The SMILES string of the molecule is CCc1ncc2c(n1)CNc1cc(C(=O)OC)ccc1-2.CNc1ncc(Br)c(C(=O)OC)n1.COC(=O)c1ccc(O[B]O)c(N)c1.Cl. The van der Waals surface area contributed by atoms with Gasteiger partial charge in [-0.1, -0.05) is 13.0 Å². The standard InChI is InChI=1S/C15H15N3O2.C8H9BNO4.C7H8BrN3O2.ClH/c1-3-14-17-7-11-10-5-4-9(15(19)20-2)6-12(10)16-8-13(11)18-14;1-13-8(11)5-2-3-7(14-9-12)6(10)4-5;1-9-7-10-3-4(8)5(11-7)6(12)13-2;/h4-7,16H,3,8H2,1-2H3;2-4,12H,10H2,1H3;3H,1-2H3,(H,9,10,11);1H. The first-order valence-electron chi connectivity index (χ1n) is 13.8. The van der Waals surface area contributed by atoms with E-state index in [0.717, 1.165) is 34.8 Å². The highest BCUT2D eigenvalue weighted by atomic mass is 79.9. The molecular formula is C30H33BBrClN7O8. The van der Waals surface area contributed by atoms with Crippen molar-refractivity contribution in [3.63, 3.8) is 0 Å². The fraction of sp³-hybridized carbons (Fsp3) is 0.233. The fourth-order valence-electron chi connectivity index (χ4n) is 4.02. The molecule has 0 saturated heterocycles. The molecule has 1 radical (unpaired) electrons. The highest BCUT2D eigenvalue weighted by Crippen LogP contribution is 2.35. The van der Waals surface area contributed by atoms with Crippen molar-refractivity contribution >= 4 is 71.3 Å². The maximum atomic E-state index is 11.6. The lowest BCUT2D eigenvalue weighted by molar-refractivity contribution is 0.0586. The van der Waals surface area contributed by atoms with Crippen molar-refractivity contribution in [2.24, 2.45) is 0 Å². The molecule has 0 saturated carbocycles. The van der Waals surface area contributed by atoms with Gasteiger partial charge >= 0.3 is 25.6 Å². The normalized spacial score (nSPS) is 10.3. The average Bonchev–Trinajstić information content (AvgIpc) is 3.11. The number of halogens is 2. The summed E-state index contributed by atoms with van der Waals surface area (Å²) in [5.74, 6) is 0.198. The van der Waals surface area contributed by atoms with Crippen LogP contribution in [0.4, 0.5) is 17.3 Å². The fourth-order valence-corrected chi connectivity index (χ4v) is 4.38. The molecule has 48 heavy (non-hydrogen) atoms. The zero-order valence-corrected chi connectivity index (χ0v) is 29.0. The van der Waals surface area contributed by atoms with Gasteiger partial charge in [0, 0.05) is 42.7 Å². The van der Waals surface area contributed by atoms with E-state index in [-0.39, 0.29) is 35.5 Å². The molecule has 0 atom stereocenters. The van der Waals surface area contributed by atoms with Gasteiger partial charge in [-0.15, -0.1) is 12.4 Å². The van der Waals surface area contributed by atoms with E-state index in [1.807, 2.05) is 19.2 Å². The largest absolute Gasteiger partial charge is 0.569 e. The maximum Gasteiger partial charge on any atom is 0.569 e. The summed E-state index contributed by atoms with van der Waals surface area (Å²) < 4.78 is 18.9. The van der Waals surface area contributed by atoms with Crippen LogP contribution in [0.2, 0.25) is 0 Å². The number of carbonyl (C=O) groups excluding carboxylic acids is 3. The number of anilines is 3. The quantitative estimate of drug-likeness (QED) is 0.0916. The zero-order valence-electron chi connectivity index (χ0n) is 26.6. The number of aryl methyl sites for hydroxylation is 1. The molecule has 1 aliphatic rings. The van der Waals surface area contributed by atoms with Crippen LogP contribution >= 0.6 is 28.3 Å². The number of rotatable bonds is 7. The third-order valence-corrected chi connectivity index (χ3v) is 6.95. The van der Waals surface area contributed by atoms with Crippen molar-refractivity contribution in [1.82, 2.24) is 19.9 Å². The first-order chi connectivity index (χ1) is 22.6. The number of ether oxygens (including phenoxy) is 3. The van der Waals surface area contributed by atoms with Gasteiger partial charge in [0.2, 0.25) is 5.95 Å². The molecule has 1 aliphatic heterocycles. The van der Waals surface area contributed by atoms with E-state index < -0.39 is 11.9 Å². The molecule has 0 bridgehead atoms. The molecule has 0 unspecified atom stereocenters. The predicted molar refractivity (Wildman–Crippen MR) is 184 cm³/mol. The number of fused-ring (bicyclic) bond motifs is 3. The summed E-state index contributed by atoms with van der Waals surface area (Å²) >= 11 is 3.15. The van der Waals surface area contributed by atoms with Crippen molar-refractivity contribution in [1.29, 1.82) is 0 Å². The van der Waals surface area contributed by atoms with E-state index in [4.69, 9.17) is 15.5 Å². The van der Waals surface area contributed by atoms with Gasteiger partial charge in [-0.2, -0.15) is 0 Å². The van der Waals surface area contributed by atoms with Gasteiger partial charge in [-0.3, -0.25) is 0 Å². The van der Waals surface area contributed by atoms with E-state index >= 15 is 0 Å². The Balaban J connectivity index is 0.000000256.